The van der Waals surface area contributed by atoms with E-state index in [4.69, 9.17) is 9.15 Å². The van der Waals surface area contributed by atoms with Gasteiger partial charge in [-0.2, -0.15) is 0 Å². The summed E-state index contributed by atoms with van der Waals surface area (Å²) in [6.45, 7) is 5.40. The van der Waals surface area contributed by atoms with Crippen molar-refractivity contribution in [2.45, 2.75) is 26.3 Å². The fourth-order valence-electron chi connectivity index (χ4n) is 1.98. The van der Waals surface area contributed by atoms with E-state index in [1.807, 2.05) is 36.4 Å². The molecular formula is C17H24N2O2. The lowest BCUT2D eigenvalue weighted by molar-refractivity contribution is 0.310. The van der Waals surface area contributed by atoms with E-state index < -0.39 is 0 Å². The normalized spacial score (nSPS) is 10.5. The SMILES string of the molecule is CCCCOc1ccccc1NCCNCc1ccco1. The van der Waals surface area contributed by atoms with E-state index in [0.717, 1.165) is 56.3 Å². The Labute approximate surface area is 126 Å². The molecule has 1 aromatic carbocycles. The number of ether oxygens (including phenoxy) is 1. The molecule has 0 radical (unpaired) electrons. The van der Waals surface area contributed by atoms with Crippen molar-refractivity contribution < 1.29 is 9.15 Å². The quantitative estimate of drug-likeness (QED) is 0.655. The largest absolute Gasteiger partial charge is 0.491 e. The van der Waals surface area contributed by atoms with Crippen molar-refractivity contribution in [2.24, 2.45) is 0 Å². The Hall–Kier alpha value is -1.94. The Balaban J connectivity index is 1.69. The van der Waals surface area contributed by atoms with Crippen LogP contribution >= 0.6 is 0 Å². The van der Waals surface area contributed by atoms with E-state index in [-0.39, 0.29) is 0 Å². The third-order valence-corrected chi connectivity index (χ3v) is 3.14. The minimum absolute atomic E-state index is 0.753. The zero-order valence-electron chi connectivity index (χ0n) is 12.6. The summed E-state index contributed by atoms with van der Waals surface area (Å²) in [5, 5.41) is 6.73. The molecule has 0 saturated carbocycles. The molecule has 0 atom stereocenters. The number of benzene rings is 1. The molecule has 21 heavy (non-hydrogen) atoms. The Kier molecular flexibility index (Phi) is 6.68. The van der Waals surface area contributed by atoms with Crippen molar-refractivity contribution in [3.05, 3.63) is 48.4 Å². The van der Waals surface area contributed by atoms with Crippen molar-refractivity contribution in [3.63, 3.8) is 0 Å². The Morgan fingerprint density at radius 2 is 2.00 bits per heavy atom. The van der Waals surface area contributed by atoms with E-state index in [9.17, 15) is 0 Å². The van der Waals surface area contributed by atoms with Gasteiger partial charge >= 0.3 is 0 Å². The maximum absolute atomic E-state index is 5.80. The first-order valence-corrected chi connectivity index (χ1v) is 7.59. The van der Waals surface area contributed by atoms with Crippen LogP contribution in [0.5, 0.6) is 5.75 Å². The molecule has 0 amide bonds. The third kappa shape index (κ3) is 5.52. The molecule has 114 valence electrons. The summed E-state index contributed by atoms with van der Waals surface area (Å²) in [7, 11) is 0. The number of nitrogens with one attached hydrogen (secondary N) is 2. The lowest BCUT2D eigenvalue weighted by atomic mass is 10.3. The highest BCUT2D eigenvalue weighted by Crippen LogP contribution is 2.23. The van der Waals surface area contributed by atoms with Gasteiger partial charge in [-0.05, 0) is 30.7 Å². The van der Waals surface area contributed by atoms with Crippen LogP contribution in [0.15, 0.2) is 47.1 Å². The highest BCUT2D eigenvalue weighted by atomic mass is 16.5. The van der Waals surface area contributed by atoms with E-state index >= 15 is 0 Å². The zero-order chi connectivity index (χ0) is 14.8. The van der Waals surface area contributed by atoms with E-state index in [1.54, 1.807) is 6.26 Å². The number of hydrogen-bond acceptors (Lipinski definition) is 4. The standard InChI is InChI=1S/C17H24N2O2/c1-2-3-12-21-17-9-5-4-8-16(17)19-11-10-18-14-15-7-6-13-20-15/h4-9,13,18-19H,2-3,10-12,14H2,1H3. The van der Waals surface area contributed by atoms with Gasteiger partial charge in [0.15, 0.2) is 0 Å². The lowest BCUT2D eigenvalue weighted by Gasteiger charge is -2.13. The van der Waals surface area contributed by atoms with Crippen LogP contribution in [-0.2, 0) is 6.54 Å². The number of furan rings is 1. The molecule has 0 saturated heterocycles. The first kappa shape index (κ1) is 15.4. The second-order valence-corrected chi connectivity index (χ2v) is 4.88. The number of anilines is 1. The topological polar surface area (TPSA) is 46.4 Å². The first-order valence-electron chi connectivity index (χ1n) is 7.59. The molecule has 0 aliphatic heterocycles. The van der Waals surface area contributed by atoms with Gasteiger partial charge in [0.05, 0.1) is 25.1 Å². The van der Waals surface area contributed by atoms with Crippen LogP contribution < -0.4 is 15.4 Å². The van der Waals surface area contributed by atoms with Crippen LogP contribution in [-0.4, -0.2) is 19.7 Å². The molecule has 4 heteroatoms. The average Bonchev–Trinajstić information content (AvgIpc) is 3.02. The molecule has 0 aliphatic rings. The van der Waals surface area contributed by atoms with Crippen molar-refractivity contribution in [1.29, 1.82) is 0 Å². The highest BCUT2D eigenvalue weighted by Gasteiger charge is 2.01. The molecule has 0 spiro atoms. The van der Waals surface area contributed by atoms with Crippen LogP contribution in [0.3, 0.4) is 0 Å². The van der Waals surface area contributed by atoms with Gasteiger partial charge in [-0.1, -0.05) is 25.5 Å². The number of unbranched alkanes of at least 4 members (excludes halogenated alkanes) is 1. The van der Waals surface area contributed by atoms with Gasteiger partial charge in [0.25, 0.3) is 0 Å². The van der Waals surface area contributed by atoms with Gasteiger partial charge < -0.3 is 19.8 Å². The average molecular weight is 288 g/mol. The third-order valence-electron chi connectivity index (χ3n) is 3.14. The number of rotatable bonds is 10. The van der Waals surface area contributed by atoms with Gasteiger partial charge in [0.2, 0.25) is 0 Å². The second-order valence-electron chi connectivity index (χ2n) is 4.88. The monoisotopic (exact) mass is 288 g/mol. The van der Waals surface area contributed by atoms with Crippen molar-refractivity contribution >= 4 is 5.69 Å². The summed E-state index contributed by atoms with van der Waals surface area (Å²) in [6.07, 6.45) is 3.92. The maximum Gasteiger partial charge on any atom is 0.142 e. The fraction of sp³-hybridized carbons (Fsp3) is 0.412. The molecule has 2 aromatic rings. The molecule has 4 nitrogen and oxygen atoms in total. The molecule has 0 aliphatic carbocycles. The van der Waals surface area contributed by atoms with Crippen LogP contribution in [0.2, 0.25) is 0 Å². The first-order chi connectivity index (χ1) is 10.4. The summed E-state index contributed by atoms with van der Waals surface area (Å²) in [6, 6.07) is 11.9. The van der Waals surface area contributed by atoms with Gasteiger partial charge in [-0.25, -0.2) is 0 Å². The molecule has 2 N–H and O–H groups in total. The molecule has 2 rings (SSSR count). The minimum Gasteiger partial charge on any atom is -0.491 e. The fourth-order valence-corrected chi connectivity index (χ4v) is 1.98. The Morgan fingerprint density at radius 1 is 1.10 bits per heavy atom. The predicted octanol–water partition coefficient (Wildman–Crippen LogP) is 3.66. The Morgan fingerprint density at radius 3 is 2.81 bits per heavy atom. The molecule has 0 bridgehead atoms. The zero-order valence-corrected chi connectivity index (χ0v) is 12.6. The number of para-hydroxylation sites is 2. The van der Waals surface area contributed by atoms with E-state index in [0.29, 0.717) is 0 Å². The predicted molar refractivity (Wildman–Crippen MR) is 85.7 cm³/mol. The van der Waals surface area contributed by atoms with Crippen LogP contribution in [0.4, 0.5) is 5.69 Å². The summed E-state index contributed by atoms with van der Waals surface area (Å²) in [5.74, 6) is 1.88. The lowest BCUT2D eigenvalue weighted by Crippen LogP contribution is -2.21. The van der Waals surface area contributed by atoms with Crippen LogP contribution in [0.25, 0.3) is 0 Å². The van der Waals surface area contributed by atoms with Crippen LogP contribution in [0.1, 0.15) is 25.5 Å². The summed E-state index contributed by atoms with van der Waals surface area (Å²) in [5.41, 5.74) is 1.05. The van der Waals surface area contributed by atoms with Crippen molar-refractivity contribution in [3.8, 4) is 5.75 Å². The molecule has 0 unspecified atom stereocenters. The van der Waals surface area contributed by atoms with E-state index in [1.165, 1.54) is 0 Å². The smallest absolute Gasteiger partial charge is 0.142 e. The molecule has 1 heterocycles. The summed E-state index contributed by atoms with van der Waals surface area (Å²) in [4.78, 5) is 0. The number of hydrogen-bond donors (Lipinski definition) is 2. The summed E-state index contributed by atoms with van der Waals surface area (Å²) < 4.78 is 11.1. The van der Waals surface area contributed by atoms with Crippen molar-refractivity contribution in [2.75, 3.05) is 25.0 Å². The molecule has 1 aromatic heterocycles. The maximum atomic E-state index is 5.80. The van der Waals surface area contributed by atoms with Gasteiger partial charge in [-0.15, -0.1) is 0 Å². The minimum atomic E-state index is 0.753. The van der Waals surface area contributed by atoms with Gasteiger partial charge in [0.1, 0.15) is 11.5 Å². The van der Waals surface area contributed by atoms with E-state index in [2.05, 4.69) is 17.6 Å². The highest BCUT2D eigenvalue weighted by molar-refractivity contribution is 5.56. The summed E-state index contributed by atoms with van der Waals surface area (Å²) >= 11 is 0. The van der Waals surface area contributed by atoms with Gasteiger partial charge in [0, 0.05) is 13.1 Å². The Bertz CT molecular complexity index is 497. The molecule has 0 fully saturated rings. The van der Waals surface area contributed by atoms with Crippen molar-refractivity contribution in [1.82, 2.24) is 5.32 Å². The molecular weight excluding hydrogens is 264 g/mol. The van der Waals surface area contributed by atoms with Crippen LogP contribution in [0, 0.1) is 0 Å². The van der Waals surface area contributed by atoms with Gasteiger partial charge in [-0.3, -0.25) is 0 Å². The second kappa shape index (κ2) is 9.08.